The number of nitrogens with one attached hydrogen (secondary N) is 2. The van der Waals surface area contributed by atoms with Crippen LogP contribution in [0, 0.1) is 13.8 Å². The minimum absolute atomic E-state index is 0.183. The monoisotopic (exact) mass is 345 g/mol. The van der Waals surface area contributed by atoms with E-state index in [9.17, 15) is 9.59 Å². The molecule has 2 amide bonds. The van der Waals surface area contributed by atoms with Gasteiger partial charge in [0.25, 0.3) is 11.8 Å². The number of nitrogens with zero attached hydrogens (tertiary/aromatic N) is 1. The Labute approximate surface area is 152 Å². The molecule has 0 bridgehead atoms. The molecule has 0 aliphatic carbocycles. The Balaban J connectivity index is 1.77. The molecule has 5 heteroatoms. The molecule has 0 aliphatic heterocycles. The molecule has 3 aromatic rings. The standard InChI is InChI=1S/C21H19N3O2/c1-14-11-12-15(2)19(13-14)24-21(26)18-10-6-9-17(23-18)20(25)22-16-7-4-3-5-8-16/h3-13H,1-2H3,(H,22,25)(H,24,26). The van der Waals surface area contributed by atoms with E-state index in [0.29, 0.717) is 5.69 Å². The van der Waals surface area contributed by atoms with Crippen molar-refractivity contribution in [1.29, 1.82) is 0 Å². The quantitative estimate of drug-likeness (QED) is 0.744. The van der Waals surface area contributed by atoms with Crippen LogP contribution >= 0.6 is 0 Å². The highest BCUT2D eigenvalue weighted by Crippen LogP contribution is 2.17. The maximum absolute atomic E-state index is 12.5. The number of carbonyl (C=O) groups is 2. The van der Waals surface area contributed by atoms with Gasteiger partial charge < -0.3 is 10.6 Å². The van der Waals surface area contributed by atoms with E-state index in [1.807, 2.05) is 50.2 Å². The Morgan fingerprint density at radius 3 is 2.12 bits per heavy atom. The van der Waals surface area contributed by atoms with Crippen molar-refractivity contribution in [3.05, 3.63) is 89.2 Å². The van der Waals surface area contributed by atoms with Gasteiger partial charge in [0.15, 0.2) is 0 Å². The molecule has 0 radical (unpaired) electrons. The summed E-state index contributed by atoms with van der Waals surface area (Å²) in [4.78, 5) is 29.0. The van der Waals surface area contributed by atoms with E-state index < -0.39 is 0 Å². The summed E-state index contributed by atoms with van der Waals surface area (Å²) in [5.74, 6) is -0.717. The molecule has 130 valence electrons. The van der Waals surface area contributed by atoms with Crippen LogP contribution in [0.25, 0.3) is 0 Å². The third kappa shape index (κ3) is 4.13. The largest absolute Gasteiger partial charge is 0.321 e. The summed E-state index contributed by atoms with van der Waals surface area (Å²) in [5, 5.41) is 5.61. The van der Waals surface area contributed by atoms with Crippen LogP contribution in [0.5, 0.6) is 0 Å². The summed E-state index contributed by atoms with van der Waals surface area (Å²) in [6, 6.07) is 19.7. The number of aryl methyl sites for hydroxylation is 2. The zero-order valence-electron chi connectivity index (χ0n) is 14.6. The van der Waals surface area contributed by atoms with Crippen LogP contribution in [-0.4, -0.2) is 16.8 Å². The predicted molar refractivity (Wildman–Crippen MR) is 103 cm³/mol. The van der Waals surface area contributed by atoms with Gasteiger partial charge in [-0.25, -0.2) is 4.98 Å². The molecule has 0 atom stereocenters. The number of carbonyl (C=O) groups excluding carboxylic acids is 2. The normalized spacial score (nSPS) is 10.2. The zero-order valence-corrected chi connectivity index (χ0v) is 14.6. The summed E-state index contributed by atoms with van der Waals surface area (Å²) >= 11 is 0. The Bertz CT molecular complexity index is 952. The average molecular weight is 345 g/mol. The predicted octanol–water partition coefficient (Wildman–Crippen LogP) is 4.20. The van der Waals surface area contributed by atoms with Gasteiger partial charge in [0.2, 0.25) is 0 Å². The van der Waals surface area contributed by atoms with Crippen molar-refractivity contribution >= 4 is 23.2 Å². The Morgan fingerprint density at radius 1 is 0.769 bits per heavy atom. The van der Waals surface area contributed by atoms with E-state index >= 15 is 0 Å². The van der Waals surface area contributed by atoms with Gasteiger partial charge in [-0.1, -0.05) is 36.4 Å². The van der Waals surface area contributed by atoms with Crippen LogP contribution < -0.4 is 10.6 Å². The Kier molecular flexibility index (Phi) is 5.08. The van der Waals surface area contributed by atoms with Gasteiger partial charge in [-0.05, 0) is 55.3 Å². The fraction of sp³-hybridized carbons (Fsp3) is 0.0952. The van der Waals surface area contributed by atoms with Gasteiger partial charge in [0.1, 0.15) is 11.4 Å². The van der Waals surface area contributed by atoms with Crippen molar-refractivity contribution in [2.75, 3.05) is 10.6 Å². The molecule has 0 saturated heterocycles. The van der Waals surface area contributed by atoms with E-state index in [1.165, 1.54) is 0 Å². The number of amides is 2. The molecule has 2 N–H and O–H groups in total. The van der Waals surface area contributed by atoms with Crippen LogP contribution in [0.2, 0.25) is 0 Å². The highest BCUT2D eigenvalue weighted by molar-refractivity contribution is 6.06. The van der Waals surface area contributed by atoms with Gasteiger partial charge in [-0.15, -0.1) is 0 Å². The highest BCUT2D eigenvalue weighted by Gasteiger charge is 2.13. The van der Waals surface area contributed by atoms with E-state index in [0.717, 1.165) is 16.8 Å². The van der Waals surface area contributed by atoms with Crippen LogP contribution in [0.3, 0.4) is 0 Å². The third-order valence-electron chi connectivity index (χ3n) is 3.89. The number of para-hydroxylation sites is 1. The van der Waals surface area contributed by atoms with Crippen molar-refractivity contribution < 1.29 is 9.59 Å². The van der Waals surface area contributed by atoms with Gasteiger partial charge in [-0.2, -0.15) is 0 Å². The van der Waals surface area contributed by atoms with Crippen LogP contribution in [-0.2, 0) is 0 Å². The molecule has 1 aromatic heterocycles. The molecule has 0 fully saturated rings. The summed E-state index contributed by atoms with van der Waals surface area (Å²) in [7, 11) is 0. The van der Waals surface area contributed by atoms with E-state index in [-0.39, 0.29) is 23.2 Å². The van der Waals surface area contributed by atoms with Gasteiger partial charge in [0.05, 0.1) is 0 Å². The molecule has 3 rings (SSSR count). The van der Waals surface area contributed by atoms with Crippen molar-refractivity contribution in [1.82, 2.24) is 4.98 Å². The fourth-order valence-corrected chi connectivity index (χ4v) is 2.46. The number of hydrogen-bond acceptors (Lipinski definition) is 3. The second-order valence-electron chi connectivity index (χ2n) is 6.00. The number of pyridine rings is 1. The second kappa shape index (κ2) is 7.61. The maximum atomic E-state index is 12.5. The summed E-state index contributed by atoms with van der Waals surface area (Å²) < 4.78 is 0. The minimum Gasteiger partial charge on any atom is -0.321 e. The van der Waals surface area contributed by atoms with Crippen LogP contribution in [0.1, 0.15) is 32.1 Å². The first kappa shape index (κ1) is 17.4. The lowest BCUT2D eigenvalue weighted by Crippen LogP contribution is -2.18. The van der Waals surface area contributed by atoms with Crippen molar-refractivity contribution in [2.45, 2.75) is 13.8 Å². The first-order valence-electron chi connectivity index (χ1n) is 8.25. The Hall–Kier alpha value is -3.47. The first-order valence-corrected chi connectivity index (χ1v) is 8.25. The van der Waals surface area contributed by atoms with Gasteiger partial charge in [-0.3, -0.25) is 9.59 Å². The molecular formula is C21H19N3O2. The van der Waals surface area contributed by atoms with Gasteiger partial charge >= 0.3 is 0 Å². The van der Waals surface area contributed by atoms with E-state index in [2.05, 4.69) is 15.6 Å². The van der Waals surface area contributed by atoms with E-state index in [1.54, 1.807) is 30.3 Å². The molecule has 0 aliphatic rings. The minimum atomic E-state index is -0.363. The molecule has 0 unspecified atom stereocenters. The topological polar surface area (TPSA) is 71.1 Å². The number of hydrogen-bond donors (Lipinski definition) is 2. The zero-order chi connectivity index (χ0) is 18.5. The number of rotatable bonds is 4. The third-order valence-corrected chi connectivity index (χ3v) is 3.89. The number of aromatic nitrogens is 1. The lowest BCUT2D eigenvalue weighted by atomic mass is 10.1. The van der Waals surface area contributed by atoms with Crippen LogP contribution in [0.4, 0.5) is 11.4 Å². The van der Waals surface area contributed by atoms with Crippen LogP contribution in [0.15, 0.2) is 66.7 Å². The number of anilines is 2. The van der Waals surface area contributed by atoms with Gasteiger partial charge in [0, 0.05) is 11.4 Å². The molecule has 2 aromatic carbocycles. The molecular weight excluding hydrogens is 326 g/mol. The first-order chi connectivity index (χ1) is 12.5. The second-order valence-corrected chi connectivity index (χ2v) is 6.00. The summed E-state index contributed by atoms with van der Waals surface area (Å²) in [6.45, 7) is 3.88. The summed E-state index contributed by atoms with van der Waals surface area (Å²) in [6.07, 6.45) is 0. The smallest absolute Gasteiger partial charge is 0.274 e. The molecule has 0 spiro atoms. The van der Waals surface area contributed by atoms with Crippen molar-refractivity contribution in [3.63, 3.8) is 0 Å². The van der Waals surface area contributed by atoms with E-state index in [4.69, 9.17) is 0 Å². The Morgan fingerprint density at radius 2 is 1.42 bits per heavy atom. The number of benzene rings is 2. The lowest BCUT2D eigenvalue weighted by molar-refractivity contribution is 0.101. The van der Waals surface area contributed by atoms with Crippen molar-refractivity contribution in [3.8, 4) is 0 Å². The highest BCUT2D eigenvalue weighted by atomic mass is 16.2. The summed E-state index contributed by atoms with van der Waals surface area (Å²) in [5.41, 5.74) is 3.78. The lowest BCUT2D eigenvalue weighted by Gasteiger charge is -2.10. The van der Waals surface area contributed by atoms with Crippen molar-refractivity contribution in [2.24, 2.45) is 0 Å². The molecule has 26 heavy (non-hydrogen) atoms. The maximum Gasteiger partial charge on any atom is 0.274 e. The SMILES string of the molecule is Cc1ccc(C)c(NC(=O)c2cccc(C(=O)Nc3ccccc3)n2)c1. The molecule has 1 heterocycles. The molecule has 0 saturated carbocycles. The fourth-order valence-electron chi connectivity index (χ4n) is 2.46. The molecule has 5 nitrogen and oxygen atoms in total. The average Bonchev–Trinajstić information content (AvgIpc) is 2.65.